The number of rotatable bonds is 4. The van der Waals surface area contributed by atoms with Gasteiger partial charge in [-0.15, -0.1) is 0 Å². The number of ether oxygens (including phenoxy) is 1. The Kier molecular flexibility index (Phi) is 6.07. The molecule has 2 aliphatic rings. The number of hydrogen-bond donors (Lipinski definition) is 0. The van der Waals surface area contributed by atoms with Gasteiger partial charge in [0.15, 0.2) is 0 Å². The van der Waals surface area contributed by atoms with Crippen molar-refractivity contribution in [2.75, 3.05) is 0 Å². The maximum atomic E-state index is 13.0. The molecule has 1 aromatic rings. The van der Waals surface area contributed by atoms with E-state index in [1.54, 1.807) is 0 Å². The third-order valence-electron chi connectivity index (χ3n) is 4.76. The van der Waals surface area contributed by atoms with Crippen molar-refractivity contribution < 1.29 is 9.53 Å². The lowest BCUT2D eigenvalue weighted by molar-refractivity contribution is -0.145. The number of hydrogen-bond acceptors (Lipinski definition) is 2. The van der Waals surface area contributed by atoms with Crippen molar-refractivity contribution in [3.63, 3.8) is 0 Å². The summed E-state index contributed by atoms with van der Waals surface area (Å²) in [5.41, 5.74) is -0.498. The first-order chi connectivity index (χ1) is 12.9. The molecule has 0 saturated carbocycles. The van der Waals surface area contributed by atoms with E-state index in [2.05, 4.69) is 60.7 Å². The largest absolute Gasteiger partial charge is 0.457 e. The molecule has 0 atom stereocenters. The average Bonchev–Trinajstić information content (AvgIpc) is 2.67. The van der Waals surface area contributed by atoms with Crippen LogP contribution in [0.2, 0.25) is 0 Å². The highest BCUT2D eigenvalue weighted by Gasteiger charge is 2.31. The van der Waals surface area contributed by atoms with Crippen molar-refractivity contribution in [2.24, 2.45) is 0 Å². The van der Waals surface area contributed by atoms with Crippen LogP contribution in [0.3, 0.4) is 0 Å². The number of benzene rings is 1. The van der Waals surface area contributed by atoms with Crippen molar-refractivity contribution in [2.45, 2.75) is 52.1 Å². The fourth-order valence-electron chi connectivity index (χ4n) is 3.67. The van der Waals surface area contributed by atoms with E-state index in [1.807, 2.05) is 32.6 Å². The van der Waals surface area contributed by atoms with Crippen molar-refractivity contribution in [3.05, 3.63) is 77.4 Å². The third kappa shape index (κ3) is 4.62. The summed E-state index contributed by atoms with van der Waals surface area (Å²) in [6.45, 7) is 3.65. The van der Waals surface area contributed by atoms with E-state index in [0.717, 1.165) is 25.7 Å². The molecule has 142 valence electrons. The number of carbonyl (C=O) groups excluding carboxylic acids is 1. The van der Waals surface area contributed by atoms with Crippen molar-refractivity contribution >= 4 is 24.0 Å². The lowest BCUT2D eigenvalue weighted by atomic mass is 10.2. The van der Waals surface area contributed by atoms with Gasteiger partial charge < -0.3 is 4.74 Å². The van der Waals surface area contributed by atoms with Gasteiger partial charge in [0.05, 0.1) is 0 Å². The van der Waals surface area contributed by atoms with Gasteiger partial charge in [0.2, 0.25) is 0 Å². The van der Waals surface area contributed by atoms with Crippen LogP contribution in [0.25, 0.3) is 0 Å². The molecule has 0 heterocycles. The Hall–Kier alpha value is -2.05. The van der Waals surface area contributed by atoms with Gasteiger partial charge in [-0.3, -0.25) is 0 Å². The second-order valence-corrected chi connectivity index (χ2v) is 11.3. The summed E-state index contributed by atoms with van der Waals surface area (Å²) < 4.78 is 5.74. The third-order valence-corrected chi connectivity index (χ3v) is 9.03. The molecule has 0 aliphatic heterocycles. The smallest absolute Gasteiger partial charge is 0.332 e. The molecule has 0 unspecified atom stereocenters. The van der Waals surface area contributed by atoms with E-state index in [0.29, 0.717) is 0 Å². The molecule has 0 amide bonds. The zero-order valence-electron chi connectivity index (χ0n) is 16.5. The lowest BCUT2D eigenvalue weighted by Gasteiger charge is -2.34. The summed E-state index contributed by atoms with van der Waals surface area (Å²) >= 11 is 0. The van der Waals surface area contributed by atoms with Crippen molar-refractivity contribution in [1.82, 2.24) is 0 Å². The summed E-state index contributed by atoms with van der Waals surface area (Å²) in [6.07, 6.45) is 17.1. The Morgan fingerprint density at radius 3 is 1.96 bits per heavy atom. The molecular weight excluding hydrogens is 351 g/mol. The van der Waals surface area contributed by atoms with Gasteiger partial charge in [0.1, 0.15) is 5.60 Å². The monoisotopic (exact) mass is 380 g/mol. The average molecular weight is 380 g/mol. The van der Waals surface area contributed by atoms with E-state index in [9.17, 15) is 4.79 Å². The van der Waals surface area contributed by atoms with Gasteiger partial charge in [0.25, 0.3) is 0 Å². The van der Waals surface area contributed by atoms with Gasteiger partial charge >= 0.3 is 5.97 Å². The number of esters is 1. The Labute approximate surface area is 163 Å². The van der Waals surface area contributed by atoms with Gasteiger partial charge in [-0.2, -0.15) is 0 Å². The zero-order valence-corrected chi connectivity index (χ0v) is 17.4. The maximum Gasteiger partial charge on any atom is 0.332 e. The van der Waals surface area contributed by atoms with Gasteiger partial charge in [0, 0.05) is 5.80 Å². The van der Waals surface area contributed by atoms with E-state index in [1.165, 1.54) is 15.9 Å². The van der Waals surface area contributed by atoms with Crippen LogP contribution in [-0.4, -0.2) is 17.4 Å². The highest BCUT2D eigenvalue weighted by atomic mass is 31.2. The standard InChI is InChI=1S/C24H29O2P/c1-24(2,3)26-23(25)19-27(20-13-7-4-8-14-20,21-15-9-5-10-16-21)22-17-11-6-12-18-22/h4-9,11,13-15,17,19H,10,12,16,18H2,1-3H3. The minimum absolute atomic E-state index is 0.217. The molecule has 27 heavy (non-hydrogen) atoms. The van der Waals surface area contributed by atoms with Crippen LogP contribution in [-0.2, 0) is 9.53 Å². The second kappa shape index (κ2) is 8.31. The number of carbonyl (C=O) groups is 1. The van der Waals surface area contributed by atoms with Crippen LogP contribution in [0.15, 0.2) is 77.4 Å². The topological polar surface area (TPSA) is 26.3 Å². The van der Waals surface area contributed by atoms with Gasteiger partial charge in [-0.05, 0) is 69.3 Å². The van der Waals surface area contributed by atoms with Crippen LogP contribution in [0.4, 0.5) is 0 Å². The summed E-state index contributed by atoms with van der Waals surface area (Å²) in [5.74, 6) is 1.70. The first kappa shape index (κ1) is 19.7. The van der Waals surface area contributed by atoms with Gasteiger partial charge in [-0.1, -0.05) is 66.8 Å². The molecule has 0 saturated heterocycles. The quantitative estimate of drug-likeness (QED) is 0.477. The Balaban J connectivity index is 2.27. The van der Waals surface area contributed by atoms with Crippen molar-refractivity contribution in [3.8, 4) is 0 Å². The molecule has 0 fully saturated rings. The second-order valence-electron chi connectivity index (χ2n) is 7.97. The maximum absolute atomic E-state index is 13.0. The fourth-order valence-corrected chi connectivity index (χ4v) is 7.80. The van der Waals surface area contributed by atoms with Crippen LogP contribution in [0.1, 0.15) is 46.5 Å². The zero-order chi connectivity index (χ0) is 19.3. The van der Waals surface area contributed by atoms with Crippen LogP contribution < -0.4 is 5.30 Å². The van der Waals surface area contributed by atoms with E-state index >= 15 is 0 Å². The predicted octanol–water partition coefficient (Wildman–Crippen LogP) is 5.94. The molecule has 3 heteroatoms. The summed E-state index contributed by atoms with van der Waals surface area (Å²) in [6, 6.07) is 10.5. The predicted molar refractivity (Wildman–Crippen MR) is 118 cm³/mol. The fraction of sp³-hybridized carbons (Fsp3) is 0.333. The summed E-state index contributed by atoms with van der Waals surface area (Å²) in [5, 5.41) is 3.96. The Morgan fingerprint density at radius 2 is 1.52 bits per heavy atom. The van der Waals surface area contributed by atoms with Crippen molar-refractivity contribution in [1.29, 1.82) is 0 Å². The van der Waals surface area contributed by atoms with E-state index < -0.39 is 12.5 Å². The lowest BCUT2D eigenvalue weighted by Crippen LogP contribution is -2.26. The van der Waals surface area contributed by atoms with E-state index in [4.69, 9.17) is 4.74 Å². The highest BCUT2D eigenvalue weighted by Crippen LogP contribution is 2.64. The van der Waals surface area contributed by atoms with Crippen LogP contribution in [0.5, 0.6) is 0 Å². The molecule has 3 rings (SSSR count). The molecule has 1 aromatic carbocycles. The van der Waals surface area contributed by atoms with Gasteiger partial charge in [-0.25, -0.2) is 4.79 Å². The first-order valence-corrected chi connectivity index (χ1v) is 11.5. The highest BCUT2D eigenvalue weighted by molar-refractivity contribution is 7.90. The Morgan fingerprint density at radius 1 is 0.963 bits per heavy atom. The molecule has 0 spiro atoms. The molecule has 0 N–H and O–H groups in total. The molecular formula is C24H29O2P. The molecule has 2 aliphatic carbocycles. The molecule has 2 nitrogen and oxygen atoms in total. The molecule has 0 bridgehead atoms. The normalized spacial score (nSPS) is 17.1. The van der Waals surface area contributed by atoms with E-state index in [-0.39, 0.29) is 5.97 Å². The van der Waals surface area contributed by atoms with Crippen LogP contribution in [0, 0.1) is 0 Å². The first-order valence-electron chi connectivity index (χ1n) is 9.68. The molecule has 0 aromatic heterocycles. The SMILES string of the molecule is CC(C)(C)OC(=O)C=P(C1=CC=CCC1)(C1=CC=CCC1)c1ccccc1. The molecule has 0 radical (unpaired) electrons. The van der Waals surface area contributed by atoms with Crippen LogP contribution >= 0.6 is 6.89 Å². The minimum atomic E-state index is -2.12. The minimum Gasteiger partial charge on any atom is -0.457 e. The number of allylic oxidation sites excluding steroid dienone is 8. The summed E-state index contributed by atoms with van der Waals surface area (Å²) in [4.78, 5) is 13.0. The Bertz CT molecular complexity index is 825. The summed E-state index contributed by atoms with van der Waals surface area (Å²) in [7, 11) is 0.